The van der Waals surface area contributed by atoms with Gasteiger partial charge in [0.25, 0.3) is 5.92 Å². The maximum absolute atomic E-state index is 15.0. The van der Waals surface area contributed by atoms with E-state index in [1.54, 1.807) is 0 Å². The van der Waals surface area contributed by atoms with E-state index in [9.17, 15) is 26.7 Å². The number of carbonyl (C=O) groups excluding carboxylic acids is 1. The molecule has 12 heteroatoms. The Morgan fingerprint density at radius 3 is 2.56 bits per heavy atom. The molecule has 0 saturated carbocycles. The van der Waals surface area contributed by atoms with E-state index in [1.807, 2.05) is 0 Å². The number of nitrogens with one attached hydrogen (secondary N) is 1. The fourth-order valence-electron chi connectivity index (χ4n) is 3.84. The van der Waals surface area contributed by atoms with Crippen molar-refractivity contribution in [2.45, 2.75) is 36.8 Å². The number of carbonyl (C=O) groups is 1. The summed E-state index contributed by atoms with van der Waals surface area (Å²) in [6, 6.07) is 2.50. The van der Waals surface area contributed by atoms with E-state index in [1.165, 1.54) is 0 Å². The van der Waals surface area contributed by atoms with Crippen LogP contribution in [-0.4, -0.2) is 57.3 Å². The molecule has 2 saturated heterocycles. The summed E-state index contributed by atoms with van der Waals surface area (Å²) in [4.78, 5) is 12.1. The van der Waals surface area contributed by atoms with Gasteiger partial charge in [0.2, 0.25) is 5.76 Å². The molecule has 3 heterocycles. The first kappa shape index (κ1) is 22.7. The van der Waals surface area contributed by atoms with E-state index in [-0.39, 0.29) is 29.7 Å². The number of ether oxygens (including phenoxy) is 4. The van der Waals surface area contributed by atoms with Crippen molar-refractivity contribution in [1.82, 2.24) is 0 Å². The molecule has 0 bridgehead atoms. The summed E-state index contributed by atoms with van der Waals surface area (Å²) in [5.41, 5.74) is -1.44. The Balaban J connectivity index is 1.61. The first-order valence-corrected chi connectivity index (χ1v) is 9.78. The fourth-order valence-corrected chi connectivity index (χ4v) is 3.84. The molecule has 0 radical (unpaired) electrons. The van der Waals surface area contributed by atoms with Crippen LogP contribution in [0.25, 0.3) is 11.0 Å². The number of hydrogen-bond donors (Lipinski definition) is 1. The van der Waals surface area contributed by atoms with Crippen molar-refractivity contribution < 1.29 is 50.1 Å². The molecule has 7 nitrogen and oxygen atoms in total. The highest BCUT2D eigenvalue weighted by Crippen LogP contribution is 2.40. The predicted octanol–water partition coefficient (Wildman–Crippen LogP) is 4.21. The minimum atomic E-state index is -4.68. The number of benzene rings is 1. The average molecular weight is 465 g/mol. The zero-order chi connectivity index (χ0) is 23.1. The summed E-state index contributed by atoms with van der Waals surface area (Å²) < 4.78 is 95.5. The third kappa shape index (κ3) is 4.26. The smallest absolute Gasteiger partial charge is 0.416 e. The van der Waals surface area contributed by atoms with Crippen molar-refractivity contribution in [3.63, 3.8) is 0 Å². The van der Waals surface area contributed by atoms with Gasteiger partial charge in [0.1, 0.15) is 11.7 Å². The molecule has 4 rings (SSSR count). The topological polar surface area (TPSA) is 79.2 Å². The molecule has 2 aliphatic rings. The average Bonchev–Trinajstić information content (AvgIpc) is 3.35. The lowest BCUT2D eigenvalue weighted by molar-refractivity contribution is -0.254. The van der Waals surface area contributed by atoms with Crippen LogP contribution in [0.1, 0.15) is 29.0 Å². The second-order valence-corrected chi connectivity index (χ2v) is 7.54. The molecule has 2 fully saturated rings. The summed E-state index contributed by atoms with van der Waals surface area (Å²) in [6.07, 6.45) is -6.14. The summed E-state index contributed by atoms with van der Waals surface area (Å²) >= 11 is 0. The first-order valence-electron chi connectivity index (χ1n) is 9.78. The number of hydrogen-bond acceptors (Lipinski definition) is 7. The van der Waals surface area contributed by atoms with Crippen molar-refractivity contribution in [3.8, 4) is 0 Å². The van der Waals surface area contributed by atoms with E-state index >= 15 is 0 Å². The molecule has 2 aromatic rings. The van der Waals surface area contributed by atoms with Gasteiger partial charge in [-0.25, -0.2) is 13.6 Å². The van der Waals surface area contributed by atoms with Gasteiger partial charge in [-0.3, -0.25) is 0 Å². The normalized spacial score (nSPS) is 21.2. The maximum atomic E-state index is 15.0. The van der Waals surface area contributed by atoms with Crippen LogP contribution in [0.3, 0.4) is 0 Å². The number of anilines is 1. The molecule has 0 amide bonds. The van der Waals surface area contributed by atoms with Gasteiger partial charge in [0, 0.05) is 18.2 Å². The minimum absolute atomic E-state index is 0.00273. The molecule has 2 aliphatic heterocycles. The molecular weight excluding hydrogens is 445 g/mol. The molecule has 1 N–H and O–H groups in total. The first-order chi connectivity index (χ1) is 15.0. The second kappa shape index (κ2) is 8.16. The number of halogens is 5. The molecule has 0 aliphatic carbocycles. The van der Waals surface area contributed by atoms with E-state index in [0.717, 1.165) is 25.3 Å². The molecule has 1 unspecified atom stereocenters. The number of rotatable bonds is 5. The highest BCUT2D eigenvalue weighted by atomic mass is 19.4. The standard InChI is InChI=1S/C20H20F5NO6/c1-28-17(27)16-15(12-8-11(20(23,24)25)2-3-13(12)32-16)26-10-19(21,22)14-9-18(4-5-29-14)30-6-7-31-18/h2-3,8,14,26H,4-7,9-10H2,1H3. The van der Waals surface area contributed by atoms with Crippen molar-refractivity contribution in [3.05, 3.63) is 29.5 Å². The third-order valence-electron chi connectivity index (χ3n) is 5.47. The predicted molar refractivity (Wildman–Crippen MR) is 99.6 cm³/mol. The number of methoxy groups -OCH3 is 1. The van der Waals surface area contributed by atoms with Gasteiger partial charge in [0.15, 0.2) is 5.79 Å². The SMILES string of the molecule is COC(=O)c1oc2ccc(C(F)(F)F)cc2c1NCC(F)(F)C1CC2(CCO1)OCCO2. The van der Waals surface area contributed by atoms with Crippen molar-refractivity contribution in [2.75, 3.05) is 38.8 Å². The molecule has 32 heavy (non-hydrogen) atoms. The summed E-state index contributed by atoms with van der Waals surface area (Å²) in [5, 5.41) is 2.19. The number of fused-ring (bicyclic) bond motifs is 1. The van der Waals surface area contributed by atoms with E-state index in [4.69, 9.17) is 18.6 Å². The Hall–Kier alpha value is -2.44. The minimum Gasteiger partial charge on any atom is -0.463 e. The fraction of sp³-hybridized carbons (Fsp3) is 0.550. The molecule has 1 atom stereocenters. The summed E-state index contributed by atoms with van der Waals surface area (Å²) in [6.45, 7) is -0.455. The number of esters is 1. The highest BCUT2D eigenvalue weighted by molar-refractivity contribution is 6.04. The van der Waals surface area contributed by atoms with Gasteiger partial charge >= 0.3 is 12.1 Å². The van der Waals surface area contributed by atoms with Gasteiger partial charge in [-0.05, 0) is 18.2 Å². The van der Waals surface area contributed by atoms with Gasteiger partial charge < -0.3 is 28.7 Å². The van der Waals surface area contributed by atoms with Crippen LogP contribution in [0, 0.1) is 0 Å². The van der Waals surface area contributed by atoms with Gasteiger partial charge in [0.05, 0.1) is 44.7 Å². The summed E-state index contributed by atoms with van der Waals surface area (Å²) in [7, 11) is 1.03. The lowest BCUT2D eigenvalue weighted by Crippen LogP contribution is -2.51. The van der Waals surface area contributed by atoms with Crippen LogP contribution in [-0.2, 0) is 25.1 Å². The zero-order valence-corrected chi connectivity index (χ0v) is 16.9. The van der Waals surface area contributed by atoms with Crippen molar-refractivity contribution in [2.24, 2.45) is 0 Å². The molecule has 176 valence electrons. The Bertz CT molecular complexity index is 998. The molecular formula is C20H20F5NO6. The zero-order valence-electron chi connectivity index (χ0n) is 16.9. The van der Waals surface area contributed by atoms with E-state index in [2.05, 4.69) is 10.1 Å². The lowest BCUT2D eigenvalue weighted by Gasteiger charge is -2.39. The Morgan fingerprint density at radius 2 is 1.91 bits per heavy atom. The Labute approximate surface area is 178 Å². The maximum Gasteiger partial charge on any atom is 0.416 e. The van der Waals surface area contributed by atoms with E-state index in [0.29, 0.717) is 19.6 Å². The van der Waals surface area contributed by atoms with Crippen LogP contribution in [0.5, 0.6) is 0 Å². The monoisotopic (exact) mass is 465 g/mol. The van der Waals surface area contributed by atoms with Crippen LogP contribution in [0.15, 0.2) is 22.6 Å². The van der Waals surface area contributed by atoms with Gasteiger partial charge in [-0.15, -0.1) is 0 Å². The van der Waals surface area contributed by atoms with Crippen molar-refractivity contribution >= 4 is 22.6 Å². The lowest BCUT2D eigenvalue weighted by atomic mass is 9.97. The Morgan fingerprint density at radius 1 is 1.19 bits per heavy atom. The highest BCUT2D eigenvalue weighted by Gasteiger charge is 2.51. The van der Waals surface area contributed by atoms with Crippen molar-refractivity contribution in [1.29, 1.82) is 0 Å². The quantitative estimate of drug-likeness (QED) is 0.524. The van der Waals surface area contributed by atoms with Crippen LogP contribution in [0.4, 0.5) is 27.6 Å². The molecule has 1 spiro atoms. The molecule has 1 aromatic heterocycles. The number of alkyl halides is 5. The van der Waals surface area contributed by atoms with Crippen LogP contribution >= 0.6 is 0 Å². The van der Waals surface area contributed by atoms with Gasteiger partial charge in [-0.2, -0.15) is 13.2 Å². The second-order valence-electron chi connectivity index (χ2n) is 7.54. The summed E-state index contributed by atoms with van der Waals surface area (Å²) in [5.74, 6) is -6.14. The third-order valence-corrected chi connectivity index (χ3v) is 5.47. The van der Waals surface area contributed by atoms with Crippen LogP contribution < -0.4 is 5.32 Å². The van der Waals surface area contributed by atoms with E-state index < -0.39 is 47.8 Å². The van der Waals surface area contributed by atoms with Crippen LogP contribution in [0.2, 0.25) is 0 Å². The largest absolute Gasteiger partial charge is 0.463 e. The number of furan rings is 1. The Kier molecular flexibility index (Phi) is 5.80. The van der Waals surface area contributed by atoms with Gasteiger partial charge in [-0.1, -0.05) is 0 Å². The molecule has 1 aromatic carbocycles.